The van der Waals surface area contributed by atoms with E-state index in [0.29, 0.717) is 17.9 Å². The Morgan fingerprint density at radius 2 is 2.04 bits per heavy atom. The van der Waals surface area contributed by atoms with E-state index in [1.54, 1.807) is 18.4 Å². The van der Waals surface area contributed by atoms with Crippen molar-refractivity contribution >= 4 is 32.9 Å². The molecule has 0 spiro atoms. The number of carbonyl (C=O) groups excluding carboxylic acids is 1. The Morgan fingerprint density at radius 3 is 2.74 bits per heavy atom. The van der Waals surface area contributed by atoms with Gasteiger partial charge in [0.2, 0.25) is 5.91 Å². The smallest absolute Gasteiger partial charge is 0.226 e. The highest BCUT2D eigenvalue weighted by molar-refractivity contribution is 7.90. The molecule has 0 saturated carbocycles. The number of nitrogens with zero attached hydrogens (tertiary/aromatic N) is 2. The van der Waals surface area contributed by atoms with Crippen molar-refractivity contribution in [2.75, 3.05) is 11.1 Å². The average molecular weight is 406 g/mol. The minimum Gasteiger partial charge on any atom is -0.360 e. The van der Waals surface area contributed by atoms with Gasteiger partial charge in [0, 0.05) is 24.3 Å². The fourth-order valence-corrected chi connectivity index (χ4v) is 4.62. The summed E-state index contributed by atoms with van der Waals surface area (Å²) in [6.07, 6.45) is 0.528. The van der Waals surface area contributed by atoms with Gasteiger partial charge in [-0.15, -0.1) is 11.3 Å². The van der Waals surface area contributed by atoms with Gasteiger partial charge in [-0.05, 0) is 12.5 Å². The Labute approximate surface area is 161 Å². The third-order valence-electron chi connectivity index (χ3n) is 3.70. The number of anilines is 1. The second-order valence-corrected chi connectivity index (χ2v) is 9.23. The van der Waals surface area contributed by atoms with E-state index in [1.807, 2.05) is 30.3 Å². The molecule has 0 aliphatic heterocycles. The topological polar surface area (TPSA) is 102 Å². The molecule has 0 radical (unpaired) electrons. The third kappa shape index (κ3) is 6.00. The first-order valence-electron chi connectivity index (χ1n) is 8.30. The third-order valence-corrected chi connectivity index (χ3v) is 6.16. The first-order valence-corrected chi connectivity index (χ1v) is 11.0. The fourth-order valence-electron chi connectivity index (χ4n) is 2.44. The lowest BCUT2D eigenvalue weighted by Crippen LogP contribution is -2.18. The molecule has 27 heavy (non-hydrogen) atoms. The predicted molar refractivity (Wildman–Crippen MR) is 103 cm³/mol. The van der Waals surface area contributed by atoms with Crippen LogP contribution < -0.4 is 5.32 Å². The van der Waals surface area contributed by atoms with Gasteiger partial charge in [0.15, 0.2) is 15.7 Å². The van der Waals surface area contributed by atoms with E-state index in [-0.39, 0.29) is 23.7 Å². The maximum absolute atomic E-state index is 12.3. The summed E-state index contributed by atoms with van der Waals surface area (Å²) in [5, 5.41) is 8.77. The molecule has 3 rings (SSSR count). The molecule has 0 atom stereocenters. The molecule has 3 aromatic rings. The molecule has 7 nitrogen and oxygen atoms in total. The monoisotopic (exact) mass is 405 g/mol. The molecule has 1 amide bonds. The maximum Gasteiger partial charge on any atom is 0.226 e. The number of aromatic nitrogens is 2. The maximum atomic E-state index is 12.3. The molecule has 2 heterocycles. The quantitative estimate of drug-likeness (QED) is 0.618. The lowest BCUT2D eigenvalue weighted by atomic mass is 10.2. The molecule has 0 saturated heterocycles. The molecule has 0 bridgehead atoms. The van der Waals surface area contributed by atoms with Gasteiger partial charge in [-0.2, -0.15) is 0 Å². The summed E-state index contributed by atoms with van der Waals surface area (Å²) in [6, 6.07) is 11.4. The van der Waals surface area contributed by atoms with Gasteiger partial charge in [-0.1, -0.05) is 35.5 Å². The number of carbonyl (C=O) groups is 1. The van der Waals surface area contributed by atoms with Crippen LogP contribution in [0.15, 0.2) is 46.3 Å². The van der Waals surface area contributed by atoms with Gasteiger partial charge in [0.1, 0.15) is 5.76 Å². The van der Waals surface area contributed by atoms with Crippen LogP contribution in [-0.2, 0) is 26.8 Å². The first kappa shape index (κ1) is 19.2. The van der Waals surface area contributed by atoms with Crippen LogP contribution in [-0.4, -0.2) is 30.2 Å². The molecular weight excluding hydrogens is 386 g/mol. The van der Waals surface area contributed by atoms with Gasteiger partial charge in [0.25, 0.3) is 0 Å². The highest BCUT2D eigenvalue weighted by Gasteiger charge is 2.17. The Kier molecular flexibility index (Phi) is 6.02. The van der Waals surface area contributed by atoms with E-state index in [2.05, 4.69) is 15.5 Å². The van der Waals surface area contributed by atoms with Crippen LogP contribution in [0.25, 0.3) is 0 Å². The number of sulfone groups is 1. The molecule has 0 aliphatic rings. The lowest BCUT2D eigenvalue weighted by Gasteiger charge is -2.03. The van der Waals surface area contributed by atoms with Crippen LogP contribution in [0, 0.1) is 6.92 Å². The summed E-state index contributed by atoms with van der Waals surface area (Å²) in [5.41, 5.74) is 1.64. The number of hydrogen-bond donors (Lipinski definition) is 1. The number of amides is 1. The van der Waals surface area contributed by atoms with Crippen LogP contribution in [0.1, 0.15) is 28.4 Å². The van der Waals surface area contributed by atoms with Crippen LogP contribution >= 0.6 is 11.3 Å². The van der Waals surface area contributed by atoms with Gasteiger partial charge in [0.05, 0.1) is 22.2 Å². The van der Waals surface area contributed by atoms with Crippen molar-refractivity contribution in [1.29, 1.82) is 0 Å². The Bertz CT molecular complexity index is 1010. The molecule has 142 valence electrons. The average Bonchev–Trinajstić information content (AvgIpc) is 3.22. The molecular formula is C18H19N3O4S2. The van der Waals surface area contributed by atoms with Crippen molar-refractivity contribution in [3.05, 3.63) is 63.8 Å². The Hall–Kier alpha value is -2.52. The van der Waals surface area contributed by atoms with Gasteiger partial charge < -0.3 is 9.84 Å². The predicted octanol–water partition coefficient (Wildman–Crippen LogP) is 2.97. The minimum absolute atomic E-state index is 0.144. The number of hydrogen-bond acceptors (Lipinski definition) is 7. The summed E-state index contributed by atoms with van der Waals surface area (Å²) < 4.78 is 29.4. The zero-order valence-electron chi connectivity index (χ0n) is 14.7. The van der Waals surface area contributed by atoms with Crippen LogP contribution in [0.3, 0.4) is 0 Å². The zero-order valence-corrected chi connectivity index (χ0v) is 16.3. The standard InChI is InChI=1S/C18H19N3O4S2/c1-13-9-16(21-25-13)20-17(22)7-8-27(23,24)12-15-11-26-18(19-15)10-14-5-3-2-4-6-14/h2-6,9,11H,7-8,10,12H2,1H3,(H,20,21,22). The van der Waals surface area contributed by atoms with E-state index in [1.165, 1.54) is 11.3 Å². The van der Waals surface area contributed by atoms with E-state index in [9.17, 15) is 13.2 Å². The van der Waals surface area contributed by atoms with Crippen molar-refractivity contribution in [2.45, 2.75) is 25.5 Å². The number of nitrogens with one attached hydrogen (secondary N) is 1. The highest BCUT2D eigenvalue weighted by Crippen LogP contribution is 2.17. The molecule has 9 heteroatoms. The van der Waals surface area contributed by atoms with Crippen LogP contribution in [0.4, 0.5) is 5.82 Å². The molecule has 1 N–H and O–H groups in total. The Morgan fingerprint density at radius 1 is 1.26 bits per heavy atom. The second kappa shape index (κ2) is 8.45. The van der Waals surface area contributed by atoms with Crippen molar-refractivity contribution in [1.82, 2.24) is 10.1 Å². The molecule has 1 aromatic carbocycles. The second-order valence-electron chi connectivity index (χ2n) is 6.11. The first-order chi connectivity index (χ1) is 12.9. The van der Waals surface area contributed by atoms with Gasteiger partial charge in [-0.3, -0.25) is 4.79 Å². The number of thiazole rings is 1. The van der Waals surface area contributed by atoms with E-state index < -0.39 is 15.7 Å². The number of rotatable bonds is 8. The summed E-state index contributed by atoms with van der Waals surface area (Å²) >= 11 is 1.44. The molecule has 0 aliphatic carbocycles. The van der Waals surface area contributed by atoms with Crippen LogP contribution in [0.2, 0.25) is 0 Å². The van der Waals surface area contributed by atoms with E-state index in [4.69, 9.17) is 4.52 Å². The summed E-state index contributed by atoms with van der Waals surface area (Å²) in [6.45, 7) is 1.70. The SMILES string of the molecule is Cc1cc(NC(=O)CCS(=O)(=O)Cc2csc(Cc3ccccc3)n2)no1. The lowest BCUT2D eigenvalue weighted by molar-refractivity contribution is -0.115. The molecule has 0 unspecified atom stereocenters. The highest BCUT2D eigenvalue weighted by atomic mass is 32.2. The van der Waals surface area contributed by atoms with Gasteiger partial charge >= 0.3 is 0 Å². The normalized spacial score (nSPS) is 11.4. The summed E-state index contributed by atoms with van der Waals surface area (Å²) in [5.74, 6) is -0.00168. The van der Waals surface area contributed by atoms with Crippen molar-refractivity contribution in [3.8, 4) is 0 Å². The van der Waals surface area contributed by atoms with E-state index >= 15 is 0 Å². The Balaban J connectivity index is 1.51. The fraction of sp³-hybridized carbons (Fsp3) is 0.278. The van der Waals surface area contributed by atoms with Crippen LogP contribution in [0.5, 0.6) is 0 Å². The largest absolute Gasteiger partial charge is 0.360 e. The number of benzene rings is 1. The molecule has 0 fully saturated rings. The van der Waals surface area contributed by atoms with E-state index in [0.717, 1.165) is 10.6 Å². The van der Waals surface area contributed by atoms with Crippen molar-refractivity contribution < 1.29 is 17.7 Å². The summed E-state index contributed by atoms with van der Waals surface area (Å²) in [4.78, 5) is 16.3. The molecule has 2 aromatic heterocycles. The van der Waals surface area contributed by atoms with Crippen molar-refractivity contribution in [3.63, 3.8) is 0 Å². The number of aryl methyl sites for hydroxylation is 1. The van der Waals surface area contributed by atoms with Gasteiger partial charge in [-0.25, -0.2) is 13.4 Å². The zero-order chi connectivity index (χ0) is 19.3. The summed E-state index contributed by atoms with van der Waals surface area (Å²) in [7, 11) is -3.44. The van der Waals surface area contributed by atoms with Crippen molar-refractivity contribution in [2.24, 2.45) is 0 Å². The minimum atomic E-state index is -3.44.